The summed E-state index contributed by atoms with van der Waals surface area (Å²) in [6.45, 7) is 11.0. The van der Waals surface area contributed by atoms with E-state index in [9.17, 15) is 0 Å². The fourth-order valence-corrected chi connectivity index (χ4v) is 20.4. The molecule has 4 rings (SSSR count). The Hall–Kier alpha value is -0.920. The third-order valence-electron chi connectivity index (χ3n) is 6.11. The van der Waals surface area contributed by atoms with Gasteiger partial charge in [0.15, 0.2) is 0 Å². The number of rotatable bonds is 4. The van der Waals surface area contributed by atoms with Crippen molar-refractivity contribution in [1.82, 2.24) is 0 Å². The number of halogens is 2. The van der Waals surface area contributed by atoms with Crippen molar-refractivity contribution in [3.8, 4) is 0 Å². The average molecular weight is 479 g/mol. The molecule has 0 nitrogen and oxygen atoms in total. The van der Waals surface area contributed by atoms with Crippen LogP contribution in [-0.2, 0) is 17.4 Å². The maximum absolute atomic E-state index is 4.37. The Bertz CT molecular complexity index is 908. The van der Waals surface area contributed by atoms with E-state index in [0.717, 1.165) is 0 Å². The van der Waals surface area contributed by atoms with E-state index in [-0.39, 0.29) is 24.8 Å². The van der Waals surface area contributed by atoms with Gasteiger partial charge < -0.3 is 0 Å². The van der Waals surface area contributed by atoms with E-state index in [1.54, 1.807) is 0 Å². The van der Waals surface area contributed by atoms with Crippen molar-refractivity contribution in [2.45, 2.75) is 7.25 Å². The fourth-order valence-electron chi connectivity index (χ4n) is 4.51. The van der Waals surface area contributed by atoms with Crippen LogP contribution in [0, 0.1) is 0 Å². The first kappa shape index (κ1) is 21.4. The molecule has 0 saturated heterocycles. The molecule has 0 N–H and O–H groups in total. The molecule has 2 aliphatic carbocycles. The predicted molar refractivity (Wildman–Crippen MR) is 120 cm³/mol. The third kappa shape index (κ3) is 2.83. The molecule has 2 aromatic rings. The molecule has 0 spiro atoms. The van der Waals surface area contributed by atoms with E-state index in [2.05, 4.69) is 100 Å². The molecule has 0 radical (unpaired) electrons. The largest absolute Gasteiger partial charge is 0.147 e. The summed E-state index contributed by atoms with van der Waals surface area (Å²) in [6.07, 6.45) is 9.42. The number of hydrogen-bond donors (Lipinski definition) is 0. The predicted octanol–water partition coefficient (Wildman–Crippen LogP) is 5.89. The average Bonchev–Trinajstić information content (AvgIpc) is 3.26. The Balaban J connectivity index is 0.00000121. The van der Waals surface area contributed by atoms with Gasteiger partial charge in [0.1, 0.15) is 0 Å². The van der Waals surface area contributed by atoms with E-state index in [1.165, 1.54) is 22.3 Å². The summed E-state index contributed by atoms with van der Waals surface area (Å²) in [4.78, 5) is 0. The zero-order valence-corrected chi connectivity index (χ0v) is 20.2. The molecule has 2 aliphatic rings. The topological polar surface area (TPSA) is 0 Å². The van der Waals surface area contributed by atoms with Gasteiger partial charge in [-0.2, -0.15) is 0 Å². The van der Waals surface area contributed by atoms with Crippen molar-refractivity contribution >= 4 is 43.8 Å². The van der Waals surface area contributed by atoms with Crippen LogP contribution in [0.1, 0.15) is 29.5 Å². The molecule has 0 aromatic heterocycles. The molecule has 0 saturated carbocycles. The van der Waals surface area contributed by atoms with Crippen LogP contribution in [0.25, 0.3) is 12.2 Å². The van der Waals surface area contributed by atoms with Gasteiger partial charge in [0.2, 0.25) is 0 Å². The van der Waals surface area contributed by atoms with Crippen molar-refractivity contribution in [3.05, 3.63) is 104 Å². The van der Waals surface area contributed by atoms with Crippen LogP contribution < -0.4 is 0 Å². The Labute approximate surface area is 171 Å². The molecular formula is C22H24Cl2SiZr. The van der Waals surface area contributed by atoms with E-state index in [1.807, 2.05) is 0 Å². The molecule has 2 atom stereocenters. The van der Waals surface area contributed by atoms with E-state index >= 15 is 0 Å². The van der Waals surface area contributed by atoms with Crippen molar-refractivity contribution in [1.29, 1.82) is 0 Å². The smallest absolute Gasteiger partial charge is 0.147 e. The normalized spacial score (nSPS) is 19.7. The van der Waals surface area contributed by atoms with Gasteiger partial charge in [-0.05, 0) is 0 Å². The van der Waals surface area contributed by atoms with Crippen LogP contribution >= 0.6 is 24.8 Å². The van der Waals surface area contributed by atoms with Crippen LogP contribution in [0.4, 0.5) is 0 Å². The minimum atomic E-state index is -3.61. The van der Waals surface area contributed by atoms with Gasteiger partial charge in [0.25, 0.3) is 0 Å². The second kappa shape index (κ2) is 7.60. The molecule has 0 aliphatic heterocycles. The number of fused-ring (bicyclic) bond motifs is 2. The minimum absolute atomic E-state index is 0. The summed E-state index contributed by atoms with van der Waals surface area (Å²) in [5.41, 5.74) is 5.62. The first-order chi connectivity index (χ1) is 11.6. The molecule has 2 aromatic carbocycles. The van der Waals surface area contributed by atoms with Gasteiger partial charge in [-0.25, -0.2) is 0 Å². The van der Waals surface area contributed by atoms with Crippen LogP contribution in [0.15, 0.2) is 81.4 Å². The molecule has 26 heavy (non-hydrogen) atoms. The maximum atomic E-state index is 4.37. The maximum Gasteiger partial charge on any atom is -0.147 e. The molecular weight excluding hydrogens is 454 g/mol. The van der Waals surface area contributed by atoms with Gasteiger partial charge in [0.05, 0.1) is 0 Å². The van der Waals surface area contributed by atoms with Crippen LogP contribution in [0.3, 0.4) is 0 Å². The summed E-state index contributed by atoms with van der Waals surface area (Å²) in [5.74, 6) is 0. The Morgan fingerprint density at radius 2 is 1.12 bits per heavy atom. The van der Waals surface area contributed by atoms with Crippen molar-refractivity contribution < 1.29 is 17.4 Å². The third-order valence-corrected chi connectivity index (χ3v) is 29.6. The Morgan fingerprint density at radius 3 is 1.50 bits per heavy atom. The molecule has 134 valence electrons. The van der Waals surface area contributed by atoms with Crippen molar-refractivity contribution in [3.63, 3.8) is 0 Å². The molecule has 0 fully saturated rings. The van der Waals surface area contributed by atoms with Gasteiger partial charge >= 0.3 is 147 Å². The van der Waals surface area contributed by atoms with Crippen LogP contribution in [0.5, 0.6) is 0 Å². The van der Waals surface area contributed by atoms with E-state index in [4.69, 9.17) is 0 Å². The van der Waals surface area contributed by atoms with E-state index in [0.29, 0.717) is 7.25 Å². The Kier molecular flexibility index (Phi) is 6.25. The molecule has 2 unspecified atom stereocenters. The zero-order chi connectivity index (χ0) is 16.8. The first-order valence-electron chi connectivity index (χ1n) is 8.47. The van der Waals surface area contributed by atoms with Crippen LogP contribution in [-0.4, -0.2) is 6.88 Å². The molecule has 0 amide bonds. The van der Waals surface area contributed by atoms with Gasteiger partial charge in [0, 0.05) is 0 Å². The minimum Gasteiger partial charge on any atom is -0.147 e. The number of benzene rings is 2. The fraction of sp³-hybridized carbons (Fsp3) is 0.0909. The summed E-state index contributed by atoms with van der Waals surface area (Å²) >= 11 is -3.61. The monoisotopic (exact) mass is 476 g/mol. The van der Waals surface area contributed by atoms with Gasteiger partial charge in [-0.3, -0.25) is 0 Å². The second-order valence-corrected chi connectivity index (χ2v) is 30.8. The summed E-state index contributed by atoms with van der Waals surface area (Å²) < 4.78 is 5.55. The molecule has 0 bridgehead atoms. The standard InChI is InChI=1S/2C9H7.2C2H3.2ClH.H2Si.Zr/c2*1-2-5-9-7-3-6-8(9)4-1;2*1-2;;;;/h2*1-7H;2*1H,2H2;2*1H;1H2;. The SMILES string of the molecule is C=[CH][Zr](=[SiH2])([CH]=C)([CH]1C=Cc2ccccc21)[CH]1C=Cc2ccccc21.Cl.Cl. The summed E-state index contributed by atoms with van der Waals surface area (Å²) in [6, 6.07) is 17.6. The Morgan fingerprint density at radius 1 is 0.731 bits per heavy atom. The number of hydrogen-bond acceptors (Lipinski definition) is 0. The van der Waals surface area contributed by atoms with E-state index < -0.39 is 17.4 Å². The first-order valence-corrected chi connectivity index (χ1v) is 20.1. The molecule has 4 heteroatoms. The quantitative estimate of drug-likeness (QED) is 0.481. The van der Waals surface area contributed by atoms with Gasteiger partial charge in [-0.1, -0.05) is 0 Å². The summed E-state index contributed by atoms with van der Waals surface area (Å²) in [7, 11) is 0. The number of allylic oxidation sites excluding steroid dienone is 2. The molecule has 0 heterocycles. The van der Waals surface area contributed by atoms with Crippen molar-refractivity contribution in [2.75, 3.05) is 0 Å². The zero-order valence-electron chi connectivity index (χ0n) is 14.7. The summed E-state index contributed by atoms with van der Waals surface area (Å²) in [5, 5.41) is 0. The van der Waals surface area contributed by atoms with Gasteiger partial charge in [-0.15, -0.1) is 24.8 Å². The van der Waals surface area contributed by atoms with Crippen molar-refractivity contribution in [2.24, 2.45) is 0 Å². The van der Waals surface area contributed by atoms with Crippen LogP contribution in [0.2, 0.25) is 0 Å². The second-order valence-electron chi connectivity index (χ2n) is 7.16.